The van der Waals surface area contributed by atoms with Crippen molar-refractivity contribution in [2.24, 2.45) is 5.92 Å². The van der Waals surface area contributed by atoms with Crippen LogP contribution < -0.4 is 5.32 Å². The highest BCUT2D eigenvalue weighted by molar-refractivity contribution is 4.77. The predicted octanol–water partition coefficient (Wildman–Crippen LogP) is 0.584. The van der Waals surface area contributed by atoms with Gasteiger partial charge in [0.1, 0.15) is 0 Å². The molecule has 106 valence electrons. The molecule has 1 aliphatic heterocycles. The highest BCUT2D eigenvalue weighted by Gasteiger charge is 2.23. The Labute approximate surface area is 110 Å². The number of aliphatic hydroxyl groups is 2. The molecular formula is C14H28N2O2. The lowest BCUT2D eigenvalue weighted by atomic mass is 9.86. The van der Waals surface area contributed by atoms with Gasteiger partial charge in [-0.3, -0.25) is 0 Å². The van der Waals surface area contributed by atoms with Crippen LogP contribution in [0.15, 0.2) is 0 Å². The molecular weight excluding hydrogens is 228 g/mol. The van der Waals surface area contributed by atoms with Crippen molar-refractivity contribution in [3.63, 3.8) is 0 Å². The summed E-state index contributed by atoms with van der Waals surface area (Å²) in [4.78, 5) is 2.34. The first-order valence-electron chi connectivity index (χ1n) is 7.55. The third kappa shape index (κ3) is 4.50. The van der Waals surface area contributed by atoms with Crippen LogP contribution in [0.3, 0.4) is 0 Å². The normalized spacial score (nSPS) is 31.7. The van der Waals surface area contributed by atoms with E-state index >= 15 is 0 Å². The molecule has 0 radical (unpaired) electrons. The average molecular weight is 256 g/mol. The van der Waals surface area contributed by atoms with Crippen molar-refractivity contribution < 1.29 is 10.2 Å². The van der Waals surface area contributed by atoms with E-state index in [0.717, 1.165) is 45.4 Å². The monoisotopic (exact) mass is 256 g/mol. The van der Waals surface area contributed by atoms with Crippen molar-refractivity contribution in [3.05, 3.63) is 0 Å². The largest absolute Gasteiger partial charge is 0.393 e. The lowest BCUT2D eigenvalue weighted by Crippen LogP contribution is -2.40. The fraction of sp³-hybridized carbons (Fsp3) is 1.00. The van der Waals surface area contributed by atoms with Crippen molar-refractivity contribution in [1.82, 2.24) is 10.2 Å². The molecule has 0 spiro atoms. The molecule has 1 heterocycles. The Hall–Kier alpha value is -0.160. The molecule has 2 rings (SSSR count). The minimum Gasteiger partial charge on any atom is -0.393 e. The zero-order chi connectivity index (χ0) is 12.8. The van der Waals surface area contributed by atoms with E-state index in [4.69, 9.17) is 0 Å². The van der Waals surface area contributed by atoms with E-state index in [9.17, 15) is 10.2 Å². The Kier molecular flexibility index (Phi) is 5.89. The zero-order valence-corrected chi connectivity index (χ0v) is 11.4. The zero-order valence-electron chi connectivity index (χ0n) is 11.4. The summed E-state index contributed by atoms with van der Waals surface area (Å²) in [6, 6.07) is 0. The number of likely N-dealkylation sites (tertiary alicyclic amines) is 1. The highest BCUT2D eigenvalue weighted by Crippen LogP contribution is 2.23. The summed E-state index contributed by atoms with van der Waals surface area (Å²) in [5, 5.41) is 23.1. The SMILES string of the molecule is OC(CNCC1CCCCC1O)CN1CCCC1. The molecule has 4 nitrogen and oxygen atoms in total. The van der Waals surface area contributed by atoms with E-state index in [0.29, 0.717) is 12.5 Å². The molecule has 4 heteroatoms. The second kappa shape index (κ2) is 7.43. The summed E-state index contributed by atoms with van der Waals surface area (Å²) in [5.41, 5.74) is 0. The third-order valence-corrected chi connectivity index (χ3v) is 4.32. The van der Waals surface area contributed by atoms with Crippen molar-refractivity contribution in [1.29, 1.82) is 0 Å². The van der Waals surface area contributed by atoms with Gasteiger partial charge < -0.3 is 20.4 Å². The van der Waals surface area contributed by atoms with Gasteiger partial charge in [0.05, 0.1) is 12.2 Å². The Balaban J connectivity index is 1.56. The Bertz CT molecular complexity index is 232. The lowest BCUT2D eigenvalue weighted by Gasteiger charge is -2.28. The van der Waals surface area contributed by atoms with Gasteiger partial charge in [-0.15, -0.1) is 0 Å². The van der Waals surface area contributed by atoms with Gasteiger partial charge in [0, 0.05) is 19.6 Å². The summed E-state index contributed by atoms with van der Waals surface area (Å²) >= 11 is 0. The molecule has 3 N–H and O–H groups in total. The number of β-amino-alcohol motifs (C(OH)–C–C–N with tert-alkyl or cyclic N) is 1. The van der Waals surface area contributed by atoms with Crippen LogP contribution in [0.5, 0.6) is 0 Å². The second-order valence-corrected chi connectivity index (χ2v) is 5.93. The molecule has 2 fully saturated rings. The molecule has 0 bridgehead atoms. The summed E-state index contributed by atoms with van der Waals surface area (Å²) in [7, 11) is 0. The van der Waals surface area contributed by atoms with Crippen LogP contribution in [-0.2, 0) is 0 Å². The molecule has 3 unspecified atom stereocenters. The van der Waals surface area contributed by atoms with Gasteiger partial charge in [0.25, 0.3) is 0 Å². The lowest BCUT2D eigenvalue weighted by molar-refractivity contribution is 0.0651. The molecule has 1 aliphatic carbocycles. The molecule has 1 saturated heterocycles. The smallest absolute Gasteiger partial charge is 0.0791 e. The van der Waals surface area contributed by atoms with Crippen molar-refractivity contribution in [3.8, 4) is 0 Å². The molecule has 1 saturated carbocycles. The maximum absolute atomic E-state index is 9.94. The minimum atomic E-state index is -0.274. The number of rotatable bonds is 6. The van der Waals surface area contributed by atoms with E-state index in [2.05, 4.69) is 10.2 Å². The van der Waals surface area contributed by atoms with E-state index in [1.807, 2.05) is 0 Å². The van der Waals surface area contributed by atoms with Gasteiger partial charge in [0.2, 0.25) is 0 Å². The van der Waals surface area contributed by atoms with Crippen LogP contribution in [0.2, 0.25) is 0 Å². The van der Waals surface area contributed by atoms with E-state index in [1.54, 1.807) is 0 Å². The molecule has 0 aromatic carbocycles. The third-order valence-electron chi connectivity index (χ3n) is 4.32. The van der Waals surface area contributed by atoms with Crippen LogP contribution in [0.1, 0.15) is 38.5 Å². The molecule has 3 atom stereocenters. The average Bonchev–Trinajstić information content (AvgIpc) is 2.84. The van der Waals surface area contributed by atoms with Gasteiger partial charge in [-0.2, -0.15) is 0 Å². The standard InChI is InChI=1S/C14H28N2O2/c17-13(11-16-7-3-4-8-16)10-15-9-12-5-1-2-6-14(12)18/h12-15,17-18H,1-11H2. The summed E-state index contributed by atoms with van der Waals surface area (Å²) < 4.78 is 0. The topological polar surface area (TPSA) is 55.7 Å². The minimum absolute atomic E-state index is 0.137. The maximum Gasteiger partial charge on any atom is 0.0791 e. The van der Waals surface area contributed by atoms with Crippen LogP contribution in [0.4, 0.5) is 0 Å². The van der Waals surface area contributed by atoms with Gasteiger partial charge >= 0.3 is 0 Å². The van der Waals surface area contributed by atoms with Crippen molar-refractivity contribution in [2.45, 2.75) is 50.7 Å². The maximum atomic E-state index is 9.94. The summed E-state index contributed by atoms with van der Waals surface area (Å²) in [6.07, 6.45) is 6.60. The molecule has 0 aromatic heterocycles. The Morgan fingerprint density at radius 3 is 2.56 bits per heavy atom. The van der Waals surface area contributed by atoms with Gasteiger partial charge in [0.15, 0.2) is 0 Å². The second-order valence-electron chi connectivity index (χ2n) is 5.93. The number of nitrogens with one attached hydrogen (secondary N) is 1. The quantitative estimate of drug-likeness (QED) is 0.651. The molecule has 18 heavy (non-hydrogen) atoms. The number of hydrogen-bond acceptors (Lipinski definition) is 4. The van der Waals surface area contributed by atoms with E-state index in [-0.39, 0.29) is 12.2 Å². The van der Waals surface area contributed by atoms with Gasteiger partial charge in [-0.05, 0) is 44.7 Å². The van der Waals surface area contributed by atoms with Crippen LogP contribution >= 0.6 is 0 Å². The van der Waals surface area contributed by atoms with Crippen LogP contribution in [0, 0.1) is 5.92 Å². The van der Waals surface area contributed by atoms with Crippen molar-refractivity contribution >= 4 is 0 Å². The number of aliphatic hydroxyl groups excluding tert-OH is 2. The summed E-state index contributed by atoms with van der Waals surface area (Å²) in [5.74, 6) is 0.387. The highest BCUT2D eigenvalue weighted by atomic mass is 16.3. The number of hydrogen-bond donors (Lipinski definition) is 3. The first-order chi connectivity index (χ1) is 8.75. The van der Waals surface area contributed by atoms with E-state index < -0.39 is 0 Å². The van der Waals surface area contributed by atoms with Crippen LogP contribution in [0.25, 0.3) is 0 Å². The van der Waals surface area contributed by atoms with Crippen LogP contribution in [-0.4, -0.2) is 60.0 Å². The Morgan fingerprint density at radius 1 is 1.11 bits per heavy atom. The fourth-order valence-corrected chi connectivity index (χ4v) is 3.19. The number of nitrogens with zero attached hydrogens (tertiary/aromatic N) is 1. The van der Waals surface area contributed by atoms with Crippen molar-refractivity contribution in [2.75, 3.05) is 32.7 Å². The summed E-state index contributed by atoms with van der Waals surface area (Å²) in [6.45, 7) is 4.56. The van der Waals surface area contributed by atoms with E-state index in [1.165, 1.54) is 19.3 Å². The molecule has 0 aromatic rings. The molecule has 0 amide bonds. The Morgan fingerprint density at radius 2 is 1.83 bits per heavy atom. The first-order valence-corrected chi connectivity index (χ1v) is 7.55. The first kappa shape index (κ1) is 14.3. The molecule has 2 aliphatic rings. The van der Waals surface area contributed by atoms with Gasteiger partial charge in [-0.1, -0.05) is 12.8 Å². The van der Waals surface area contributed by atoms with Gasteiger partial charge in [-0.25, -0.2) is 0 Å². The fourth-order valence-electron chi connectivity index (χ4n) is 3.19. The predicted molar refractivity (Wildman–Crippen MR) is 72.5 cm³/mol.